The van der Waals surface area contributed by atoms with Crippen LogP contribution in [0, 0.1) is 0 Å². The van der Waals surface area contributed by atoms with E-state index in [1.165, 1.54) is 42.5 Å². The molecule has 166 valence electrons. The molecule has 0 aliphatic heterocycles. The van der Waals surface area contributed by atoms with Crippen LogP contribution in [0.4, 0.5) is 0 Å². The fourth-order valence-electron chi connectivity index (χ4n) is 3.51. The summed E-state index contributed by atoms with van der Waals surface area (Å²) < 4.78 is 32.6. The second kappa shape index (κ2) is 8.65. The normalized spacial score (nSPS) is 11.8. The van der Waals surface area contributed by atoms with Crippen LogP contribution in [0.25, 0.3) is 22.3 Å². The van der Waals surface area contributed by atoms with E-state index >= 15 is 0 Å². The molecule has 0 fully saturated rings. The molecule has 1 aromatic heterocycles. The van der Waals surface area contributed by atoms with Gasteiger partial charge in [0, 0.05) is 5.56 Å². The first-order chi connectivity index (χ1) is 14.8. The van der Waals surface area contributed by atoms with Gasteiger partial charge in [-0.2, -0.15) is 0 Å². The smallest absolute Gasteiger partial charge is 0.239 e. The zero-order chi connectivity index (χ0) is 22.9. The van der Waals surface area contributed by atoms with Crippen molar-refractivity contribution in [1.29, 1.82) is 0 Å². The van der Waals surface area contributed by atoms with Gasteiger partial charge in [0.1, 0.15) is 11.1 Å². The van der Waals surface area contributed by atoms with E-state index < -0.39 is 17.3 Å². The summed E-state index contributed by atoms with van der Waals surface area (Å²) in [5.74, 6) is 0.353. The minimum Gasteiger partial charge on any atom is -0.502 e. The van der Waals surface area contributed by atoms with Gasteiger partial charge in [0.05, 0.1) is 47.2 Å². The molecule has 3 aromatic rings. The number of phenols is 1. The molecule has 1 heterocycles. The summed E-state index contributed by atoms with van der Waals surface area (Å²) >= 11 is 0. The van der Waals surface area contributed by atoms with Crippen LogP contribution in [0.1, 0.15) is 18.6 Å². The first-order valence-electron chi connectivity index (χ1n) is 9.26. The van der Waals surface area contributed by atoms with Crippen molar-refractivity contribution >= 4 is 11.0 Å². The molecule has 31 heavy (non-hydrogen) atoms. The number of fused-ring (bicyclic) bond motifs is 1. The maximum atomic E-state index is 13.4. The molecule has 0 radical (unpaired) electrons. The summed E-state index contributed by atoms with van der Waals surface area (Å²) in [6.45, 7) is 1.46. The van der Waals surface area contributed by atoms with Gasteiger partial charge >= 0.3 is 0 Å². The lowest BCUT2D eigenvalue weighted by atomic mass is 10.0. The number of benzene rings is 2. The van der Waals surface area contributed by atoms with E-state index in [1.807, 2.05) is 0 Å². The number of phenolic OH excluding ortho intramolecular Hbond substituents is 1. The van der Waals surface area contributed by atoms with Gasteiger partial charge in [0.25, 0.3) is 0 Å². The molecule has 0 aliphatic rings. The van der Waals surface area contributed by atoms with Gasteiger partial charge in [0.2, 0.25) is 16.9 Å². The molecular formula is C22H24O9. The van der Waals surface area contributed by atoms with E-state index in [4.69, 9.17) is 28.1 Å². The van der Waals surface area contributed by atoms with Crippen molar-refractivity contribution in [2.24, 2.45) is 0 Å². The van der Waals surface area contributed by atoms with Gasteiger partial charge in [-0.25, -0.2) is 0 Å². The summed E-state index contributed by atoms with van der Waals surface area (Å²) in [7, 11) is 6.97. The Bertz CT molecular complexity index is 1180. The van der Waals surface area contributed by atoms with Gasteiger partial charge in [-0.05, 0) is 25.1 Å². The van der Waals surface area contributed by atoms with Crippen molar-refractivity contribution in [1.82, 2.24) is 0 Å². The molecule has 3 rings (SSSR count). The Morgan fingerprint density at radius 3 is 2.00 bits per heavy atom. The van der Waals surface area contributed by atoms with Crippen molar-refractivity contribution in [3.05, 3.63) is 34.0 Å². The average Bonchev–Trinajstić information content (AvgIpc) is 2.78. The van der Waals surface area contributed by atoms with E-state index in [1.54, 1.807) is 18.2 Å². The van der Waals surface area contributed by atoms with Gasteiger partial charge in [0.15, 0.2) is 28.6 Å². The molecule has 9 heteroatoms. The Hall–Kier alpha value is -3.59. The fraction of sp³-hybridized carbons (Fsp3) is 0.318. The van der Waals surface area contributed by atoms with Crippen LogP contribution >= 0.6 is 0 Å². The van der Waals surface area contributed by atoms with Gasteiger partial charge in [-0.3, -0.25) is 4.79 Å². The second-order valence-corrected chi connectivity index (χ2v) is 6.57. The minimum absolute atomic E-state index is 0.0190. The summed E-state index contributed by atoms with van der Waals surface area (Å²) in [6, 6.07) is 4.92. The highest BCUT2D eigenvalue weighted by Gasteiger charge is 2.30. The van der Waals surface area contributed by atoms with Crippen molar-refractivity contribution in [3.63, 3.8) is 0 Å². The van der Waals surface area contributed by atoms with Crippen LogP contribution in [0.15, 0.2) is 27.4 Å². The summed E-state index contributed by atoms with van der Waals surface area (Å²) in [5, 5.41) is 21.0. The van der Waals surface area contributed by atoms with Crippen LogP contribution in [-0.2, 0) is 0 Å². The number of aromatic hydroxyl groups is 1. The Morgan fingerprint density at radius 2 is 1.48 bits per heavy atom. The minimum atomic E-state index is -1.10. The fourth-order valence-corrected chi connectivity index (χ4v) is 3.51. The summed E-state index contributed by atoms with van der Waals surface area (Å²) in [6.07, 6.45) is -1.10. The van der Waals surface area contributed by atoms with Crippen molar-refractivity contribution < 1.29 is 38.3 Å². The van der Waals surface area contributed by atoms with Gasteiger partial charge < -0.3 is 38.3 Å². The molecule has 0 aliphatic carbocycles. The van der Waals surface area contributed by atoms with Crippen LogP contribution in [0.2, 0.25) is 0 Å². The molecule has 2 aromatic carbocycles. The third kappa shape index (κ3) is 3.46. The number of ether oxygens (including phenoxy) is 5. The van der Waals surface area contributed by atoms with Gasteiger partial charge in [-0.15, -0.1) is 0 Å². The highest BCUT2D eigenvalue weighted by atomic mass is 16.5. The van der Waals surface area contributed by atoms with E-state index in [-0.39, 0.29) is 39.5 Å². The maximum Gasteiger partial charge on any atom is 0.239 e. The first kappa shape index (κ1) is 22.1. The third-order valence-corrected chi connectivity index (χ3v) is 4.89. The Labute approximate surface area is 178 Å². The molecule has 9 nitrogen and oxygen atoms in total. The topological polar surface area (TPSA) is 117 Å². The first-order valence-corrected chi connectivity index (χ1v) is 9.26. The van der Waals surface area contributed by atoms with Gasteiger partial charge in [-0.1, -0.05) is 0 Å². The van der Waals surface area contributed by atoms with E-state index in [0.717, 1.165) is 0 Å². The second-order valence-electron chi connectivity index (χ2n) is 6.57. The lowest BCUT2D eigenvalue weighted by molar-refractivity contribution is 0.188. The number of hydrogen-bond acceptors (Lipinski definition) is 9. The molecule has 0 saturated carbocycles. The van der Waals surface area contributed by atoms with Crippen LogP contribution in [0.3, 0.4) is 0 Å². The van der Waals surface area contributed by atoms with Crippen LogP contribution < -0.4 is 29.1 Å². The highest BCUT2D eigenvalue weighted by molar-refractivity contribution is 5.95. The highest BCUT2D eigenvalue weighted by Crippen LogP contribution is 2.48. The zero-order valence-electron chi connectivity index (χ0n) is 18.1. The number of rotatable bonds is 7. The molecule has 0 bridgehead atoms. The molecule has 0 amide bonds. The molecule has 1 unspecified atom stereocenters. The Balaban J connectivity index is 2.48. The molecule has 1 atom stereocenters. The molecule has 0 spiro atoms. The lowest BCUT2D eigenvalue weighted by Crippen LogP contribution is -2.11. The molecular weight excluding hydrogens is 408 g/mol. The summed E-state index contributed by atoms with van der Waals surface area (Å²) in [4.78, 5) is 13.4. The number of methoxy groups -OCH3 is 5. The zero-order valence-corrected chi connectivity index (χ0v) is 18.1. The largest absolute Gasteiger partial charge is 0.502 e. The predicted octanol–water partition coefficient (Wildman–Crippen LogP) is 3.26. The number of hydrogen-bond donors (Lipinski definition) is 2. The van der Waals surface area contributed by atoms with Crippen molar-refractivity contribution in [2.75, 3.05) is 35.5 Å². The monoisotopic (exact) mass is 432 g/mol. The maximum absolute atomic E-state index is 13.4. The predicted molar refractivity (Wildman–Crippen MR) is 113 cm³/mol. The lowest BCUT2D eigenvalue weighted by Gasteiger charge is -2.19. The van der Waals surface area contributed by atoms with E-state index in [0.29, 0.717) is 17.1 Å². The van der Waals surface area contributed by atoms with Crippen LogP contribution in [-0.4, -0.2) is 45.8 Å². The quantitative estimate of drug-likeness (QED) is 0.580. The number of aliphatic hydroxyl groups excluding tert-OH is 1. The molecule has 0 saturated heterocycles. The third-order valence-electron chi connectivity index (χ3n) is 4.89. The Morgan fingerprint density at radius 1 is 0.871 bits per heavy atom. The standard InChI is InChI=1S/C22H24O9/c1-10(23)14-19(28-4)15-16(24)22(30-6)18(31-21(15)17(25)20(14)29-5)11-7-8-12(26-2)13(9-11)27-3/h7-10,23,25H,1-6H3. The van der Waals surface area contributed by atoms with E-state index in [9.17, 15) is 15.0 Å². The van der Waals surface area contributed by atoms with E-state index in [2.05, 4.69) is 0 Å². The van der Waals surface area contributed by atoms with Crippen LogP contribution in [0.5, 0.6) is 34.5 Å². The van der Waals surface area contributed by atoms with Crippen molar-refractivity contribution in [3.8, 4) is 45.8 Å². The Kier molecular flexibility index (Phi) is 6.16. The van der Waals surface area contributed by atoms with Crippen molar-refractivity contribution in [2.45, 2.75) is 13.0 Å². The SMILES string of the molecule is COc1ccc(-c2oc3c(O)c(OC)c(C(C)O)c(OC)c3c(=O)c2OC)cc1OC. The average molecular weight is 432 g/mol. The number of aliphatic hydroxyl groups is 1. The summed E-state index contributed by atoms with van der Waals surface area (Å²) in [5.41, 5.74) is -0.201. The molecule has 2 N–H and O–H groups in total.